The highest BCUT2D eigenvalue weighted by Gasteiger charge is 2.21. The molecule has 0 saturated carbocycles. The smallest absolute Gasteiger partial charge is 0.363 e. The average molecular weight is 340 g/mol. The largest absolute Gasteiger partial charge is 0.497 e. The molecule has 0 spiro atoms. The SMILES string of the molecule is COc1ccc(C=CC2=NC(=Cc3ccccc3Cl)C(=O)O2)cc1. The number of aliphatic imine (C=N–C) groups is 1. The Bertz CT molecular complexity index is 851. The molecule has 0 aliphatic carbocycles. The number of benzene rings is 2. The first-order valence-electron chi connectivity index (χ1n) is 7.25. The highest BCUT2D eigenvalue weighted by molar-refractivity contribution is 6.32. The van der Waals surface area contributed by atoms with E-state index in [1.165, 1.54) is 0 Å². The molecule has 3 rings (SSSR count). The van der Waals surface area contributed by atoms with Gasteiger partial charge >= 0.3 is 5.97 Å². The molecule has 0 aromatic heterocycles. The molecule has 0 bridgehead atoms. The molecule has 0 radical (unpaired) electrons. The number of methoxy groups -OCH3 is 1. The van der Waals surface area contributed by atoms with Crippen molar-refractivity contribution in [2.75, 3.05) is 7.11 Å². The summed E-state index contributed by atoms with van der Waals surface area (Å²) in [6.45, 7) is 0. The van der Waals surface area contributed by atoms with Crippen LogP contribution in [0.5, 0.6) is 5.75 Å². The fraction of sp³-hybridized carbons (Fsp3) is 0.0526. The molecule has 0 saturated heterocycles. The number of esters is 1. The molecule has 0 atom stereocenters. The van der Waals surface area contributed by atoms with Crippen molar-refractivity contribution in [3.05, 3.63) is 76.5 Å². The predicted molar refractivity (Wildman–Crippen MR) is 95.0 cm³/mol. The van der Waals surface area contributed by atoms with E-state index in [1.54, 1.807) is 25.3 Å². The molecule has 2 aromatic rings. The number of carbonyl (C=O) groups excluding carboxylic acids is 1. The molecule has 1 aliphatic heterocycles. The monoisotopic (exact) mass is 339 g/mol. The molecule has 0 fully saturated rings. The highest BCUT2D eigenvalue weighted by Crippen LogP contribution is 2.22. The van der Waals surface area contributed by atoms with Crippen molar-refractivity contribution < 1.29 is 14.3 Å². The lowest BCUT2D eigenvalue weighted by atomic mass is 10.2. The molecular formula is C19H14ClNO3. The van der Waals surface area contributed by atoms with Gasteiger partial charge in [0.25, 0.3) is 0 Å². The zero-order valence-corrected chi connectivity index (χ0v) is 13.7. The van der Waals surface area contributed by atoms with Crippen LogP contribution in [0, 0.1) is 0 Å². The van der Waals surface area contributed by atoms with Gasteiger partial charge in [0.05, 0.1) is 7.11 Å². The number of carbonyl (C=O) groups is 1. The molecule has 120 valence electrons. The van der Waals surface area contributed by atoms with Crippen LogP contribution < -0.4 is 4.74 Å². The van der Waals surface area contributed by atoms with E-state index in [2.05, 4.69) is 4.99 Å². The summed E-state index contributed by atoms with van der Waals surface area (Å²) in [6, 6.07) is 14.7. The predicted octanol–water partition coefficient (Wildman–Crippen LogP) is 4.36. The van der Waals surface area contributed by atoms with Gasteiger partial charge in [-0.15, -0.1) is 0 Å². The second-order valence-corrected chi connectivity index (χ2v) is 5.40. The number of hydrogen-bond donors (Lipinski definition) is 0. The van der Waals surface area contributed by atoms with E-state index >= 15 is 0 Å². The first-order valence-corrected chi connectivity index (χ1v) is 7.63. The van der Waals surface area contributed by atoms with Crippen LogP contribution in [-0.2, 0) is 9.53 Å². The Morgan fingerprint density at radius 2 is 1.83 bits per heavy atom. The second kappa shape index (κ2) is 7.15. The van der Waals surface area contributed by atoms with Gasteiger partial charge in [0.15, 0.2) is 5.70 Å². The van der Waals surface area contributed by atoms with Crippen molar-refractivity contribution in [1.82, 2.24) is 0 Å². The molecule has 2 aromatic carbocycles. The Morgan fingerprint density at radius 1 is 1.08 bits per heavy atom. The fourth-order valence-corrected chi connectivity index (χ4v) is 2.31. The third kappa shape index (κ3) is 3.73. The molecular weight excluding hydrogens is 326 g/mol. The standard InChI is InChI=1S/C19H14ClNO3/c1-23-15-9-6-13(7-10-15)8-11-18-21-17(19(22)24-18)12-14-4-2-3-5-16(14)20/h2-12H,1H3. The summed E-state index contributed by atoms with van der Waals surface area (Å²) >= 11 is 6.08. The topological polar surface area (TPSA) is 47.9 Å². The molecule has 0 unspecified atom stereocenters. The molecule has 4 nitrogen and oxygen atoms in total. The van der Waals surface area contributed by atoms with Gasteiger partial charge in [-0.2, -0.15) is 0 Å². The summed E-state index contributed by atoms with van der Waals surface area (Å²) in [7, 11) is 1.62. The van der Waals surface area contributed by atoms with Gasteiger partial charge in [-0.05, 0) is 41.5 Å². The maximum absolute atomic E-state index is 11.9. The van der Waals surface area contributed by atoms with Gasteiger partial charge in [0, 0.05) is 11.1 Å². The third-order valence-electron chi connectivity index (χ3n) is 3.37. The van der Waals surface area contributed by atoms with E-state index in [9.17, 15) is 4.79 Å². The van der Waals surface area contributed by atoms with Crippen LogP contribution in [0.3, 0.4) is 0 Å². The lowest BCUT2D eigenvalue weighted by molar-refractivity contribution is -0.129. The van der Waals surface area contributed by atoms with Crippen LogP contribution in [0.2, 0.25) is 5.02 Å². The van der Waals surface area contributed by atoms with E-state index in [1.807, 2.05) is 48.5 Å². The Morgan fingerprint density at radius 3 is 2.54 bits per heavy atom. The van der Waals surface area contributed by atoms with E-state index in [4.69, 9.17) is 21.1 Å². The number of ether oxygens (including phenoxy) is 2. The normalized spacial score (nSPS) is 15.7. The molecule has 5 heteroatoms. The van der Waals surface area contributed by atoms with Gasteiger partial charge in [0.1, 0.15) is 5.75 Å². The average Bonchev–Trinajstić information content (AvgIpc) is 2.95. The van der Waals surface area contributed by atoms with Crippen molar-refractivity contribution in [3.8, 4) is 5.75 Å². The van der Waals surface area contributed by atoms with E-state index < -0.39 is 5.97 Å². The van der Waals surface area contributed by atoms with E-state index in [0.29, 0.717) is 5.02 Å². The van der Waals surface area contributed by atoms with Crippen LogP contribution in [0.4, 0.5) is 0 Å². The zero-order chi connectivity index (χ0) is 16.9. The maximum atomic E-state index is 11.9. The van der Waals surface area contributed by atoms with Gasteiger partial charge in [0.2, 0.25) is 5.90 Å². The van der Waals surface area contributed by atoms with Gasteiger partial charge in [-0.25, -0.2) is 9.79 Å². The third-order valence-corrected chi connectivity index (χ3v) is 3.71. The van der Waals surface area contributed by atoms with E-state index in [0.717, 1.165) is 16.9 Å². The quantitative estimate of drug-likeness (QED) is 0.614. The Hall–Kier alpha value is -2.85. The van der Waals surface area contributed by atoms with Crippen LogP contribution >= 0.6 is 11.6 Å². The molecule has 24 heavy (non-hydrogen) atoms. The lowest BCUT2D eigenvalue weighted by Gasteiger charge is -1.98. The molecule has 0 amide bonds. The Balaban J connectivity index is 1.78. The first kappa shape index (κ1) is 16.0. The second-order valence-electron chi connectivity index (χ2n) is 5.00. The van der Waals surface area contributed by atoms with Crippen molar-refractivity contribution in [2.45, 2.75) is 0 Å². The summed E-state index contributed by atoms with van der Waals surface area (Å²) < 4.78 is 10.2. The Labute approximate surface area is 144 Å². The fourth-order valence-electron chi connectivity index (χ4n) is 2.12. The van der Waals surface area contributed by atoms with Crippen LogP contribution in [0.25, 0.3) is 12.2 Å². The number of halogens is 1. The number of nitrogens with zero attached hydrogens (tertiary/aromatic N) is 1. The lowest BCUT2D eigenvalue weighted by Crippen LogP contribution is -2.01. The highest BCUT2D eigenvalue weighted by atomic mass is 35.5. The van der Waals surface area contributed by atoms with Crippen molar-refractivity contribution in [1.29, 1.82) is 0 Å². The summed E-state index contributed by atoms with van der Waals surface area (Å²) in [4.78, 5) is 16.1. The summed E-state index contributed by atoms with van der Waals surface area (Å²) in [5.41, 5.74) is 1.88. The number of rotatable bonds is 4. The van der Waals surface area contributed by atoms with Crippen LogP contribution in [0.15, 0.2) is 65.3 Å². The molecule has 1 aliphatic rings. The van der Waals surface area contributed by atoms with E-state index in [-0.39, 0.29) is 11.6 Å². The Kier molecular flexibility index (Phi) is 4.77. The summed E-state index contributed by atoms with van der Waals surface area (Å²) in [5, 5.41) is 0.551. The van der Waals surface area contributed by atoms with Gasteiger partial charge < -0.3 is 9.47 Å². The molecule has 1 heterocycles. The number of cyclic esters (lactones) is 1. The first-order chi connectivity index (χ1) is 11.7. The molecule has 0 N–H and O–H groups in total. The van der Waals surface area contributed by atoms with Crippen molar-refractivity contribution in [3.63, 3.8) is 0 Å². The zero-order valence-electron chi connectivity index (χ0n) is 12.9. The van der Waals surface area contributed by atoms with Crippen molar-refractivity contribution >= 4 is 35.6 Å². The van der Waals surface area contributed by atoms with Crippen molar-refractivity contribution in [2.24, 2.45) is 4.99 Å². The minimum absolute atomic E-state index is 0.220. The maximum Gasteiger partial charge on any atom is 0.363 e. The van der Waals surface area contributed by atoms with Gasteiger partial charge in [-0.1, -0.05) is 41.9 Å². The minimum Gasteiger partial charge on any atom is -0.497 e. The number of hydrogen-bond acceptors (Lipinski definition) is 4. The summed E-state index contributed by atoms with van der Waals surface area (Å²) in [6.07, 6.45) is 5.07. The van der Waals surface area contributed by atoms with Crippen LogP contribution in [0.1, 0.15) is 11.1 Å². The summed E-state index contributed by atoms with van der Waals surface area (Å²) in [5.74, 6) is 0.528. The van der Waals surface area contributed by atoms with Gasteiger partial charge in [-0.3, -0.25) is 0 Å². The minimum atomic E-state index is -0.496. The van der Waals surface area contributed by atoms with Crippen LogP contribution in [-0.4, -0.2) is 19.0 Å².